The third-order valence-corrected chi connectivity index (χ3v) is 2.75. The highest BCUT2D eigenvalue weighted by molar-refractivity contribution is 9.10. The first-order chi connectivity index (χ1) is 7.31. The Balaban J connectivity index is 2.42. The number of aromatic nitrogens is 2. The monoisotopic (exact) mass is 263 g/mol. The van der Waals surface area contributed by atoms with Crippen LogP contribution < -0.4 is 5.32 Å². The second-order valence-electron chi connectivity index (χ2n) is 3.03. The van der Waals surface area contributed by atoms with E-state index in [2.05, 4.69) is 31.2 Å². The lowest BCUT2D eigenvalue weighted by Crippen LogP contribution is -1.95. The van der Waals surface area contributed by atoms with Crippen molar-refractivity contribution in [3.05, 3.63) is 41.1 Å². The summed E-state index contributed by atoms with van der Waals surface area (Å²) in [5, 5.41) is 2.89. The van der Waals surface area contributed by atoms with Gasteiger partial charge in [0.05, 0.1) is 0 Å². The number of halogens is 1. The molecule has 1 aromatic carbocycles. The number of nitrogens with zero attached hydrogens (tertiary/aromatic N) is 2. The van der Waals surface area contributed by atoms with Gasteiger partial charge in [-0.15, -0.1) is 0 Å². The van der Waals surface area contributed by atoms with Gasteiger partial charge in [-0.2, -0.15) is 0 Å². The minimum atomic E-state index is 0.630. The highest BCUT2D eigenvalue weighted by Crippen LogP contribution is 2.26. The van der Waals surface area contributed by atoms with Crippen molar-refractivity contribution in [3.8, 4) is 11.1 Å². The van der Waals surface area contributed by atoms with Crippen LogP contribution in [0.1, 0.15) is 0 Å². The van der Waals surface area contributed by atoms with Gasteiger partial charge in [0, 0.05) is 29.5 Å². The van der Waals surface area contributed by atoms with Gasteiger partial charge in [0.25, 0.3) is 0 Å². The molecule has 0 saturated carbocycles. The van der Waals surface area contributed by atoms with Crippen LogP contribution in [0.5, 0.6) is 0 Å². The molecule has 0 radical (unpaired) electrons. The number of anilines is 1. The minimum absolute atomic E-state index is 0.630. The molecule has 0 aliphatic rings. The number of benzene rings is 1. The SMILES string of the molecule is CNc1ncc(-c2ccccc2Br)cn1. The molecule has 0 unspecified atom stereocenters. The lowest BCUT2D eigenvalue weighted by Gasteiger charge is -2.04. The van der Waals surface area contributed by atoms with Gasteiger partial charge in [0.2, 0.25) is 5.95 Å². The smallest absolute Gasteiger partial charge is 0.222 e. The maximum atomic E-state index is 4.17. The molecule has 2 rings (SSSR count). The maximum absolute atomic E-state index is 4.17. The Kier molecular flexibility index (Phi) is 2.97. The van der Waals surface area contributed by atoms with E-state index >= 15 is 0 Å². The molecule has 0 aliphatic heterocycles. The van der Waals surface area contributed by atoms with Crippen LogP contribution >= 0.6 is 15.9 Å². The average molecular weight is 264 g/mol. The number of hydrogen-bond acceptors (Lipinski definition) is 3. The molecule has 4 heteroatoms. The molecular weight excluding hydrogens is 254 g/mol. The fraction of sp³-hybridized carbons (Fsp3) is 0.0909. The molecule has 0 spiro atoms. The molecule has 0 saturated heterocycles. The minimum Gasteiger partial charge on any atom is -0.357 e. The van der Waals surface area contributed by atoms with Crippen molar-refractivity contribution in [2.45, 2.75) is 0 Å². The molecular formula is C11H10BrN3. The van der Waals surface area contributed by atoms with Crippen molar-refractivity contribution < 1.29 is 0 Å². The van der Waals surface area contributed by atoms with Crippen LogP contribution in [0.4, 0.5) is 5.95 Å². The first-order valence-electron chi connectivity index (χ1n) is 4.56. The quantitative estimate of drug-likeness (QED) is 0.906. The Labute approximate surface area is 96.7 Å². The largest absolute Gasteiger partial charge is 0.357 e. The number of nitrogens with one attached hydrogen (secondary N) is 1. The van der Waals surface area contributed by atoms with E-state index in [1.165, 1.54) is 0 Å². The van der Waals surface area contributed by atoms with E-state index < -0.39 is 0 Å². The van der Waals surface area contributed by atoms with Crippen molar-refractivity contribution in [1.29, 1.82) is 0 Å². The van der Waals surface area contributed by atoms with Gasteiger partial charge >= 0.3 is 0 Å². The summed E-state index contributed by atoms with van der Waals surface area (Å²) in [6, 6.07) is 8.01. The molecule has 0 amide bonds. The van der Waals surface area contributed by atoms with E-state index in [4.69, 9.17) is 0 Å². The summed E-state index contributed by atoms with van der Waals surface area (Å²) in [4.78, 5) is 8.34. The van der Waals surface area contributed by atoms with Crippen LogP contribution in [-0.4, -0.2) is 17.0 Å². The van der Waals surface area contributed by atoms with Gasteiger partial charge in [-0.3, -0.25) is 0 Å². The van der Waals surface area contributed by atoms with Crippen LogP contribution in [0.25, 0.3) is 11.1 Å². The lowest BCUT2D eigenvalue weighted by atomic mass is 10.1. The maximum Gasteiger partial charge on any atom is 0.222 e. The fourth-order valence-electron chi connectivity index (χ4n) is 1.29. The standard InChI is InChI=1S/C11H10BrN3/c1-13-11-14-6-8(7-15-11)9-4-2-3-5-10(9)12/h2-7H,1H3,(H,13,14,15). The second kappa shape index (κ2) is 4.40. The first-order valence-corrected chi connectivity index (χ1v) is 5.35. The van der Waals surface area contributed by atoms with Gasteiger partial charge in [0.1, 0.15) is 0 Å². The summed E-state index contributed by atoms with van der Waals surface area (Å²) >= 11 is 3.50. The molecule has 1 heterocycles. The van der Waals surface area contributed by atoms with Crippen LogP contribution in [-0.2, 0) is 0 Å². The zero-order chi connectivity index (χ0) is 10.7. The van der Waals surface area contributed by atoms with Crippen LogP contribution in [0, 0.1) is 0 Å². The van der Waals surface area contributed by atoms with Crippen molar-refractivity contribution in [2.24, 2.45) is 0 Å². The molecule has 0 bridgehead atoms. The second-order valence-corrected chi connectivity index (χ2v) is 3.88. The zero-order valence-corrected chi connectivity index (χ0v) is 9.82. The topological polar surface area (TPSA) is 37.8 Å². The van der Waals surface area contributed by atoms with Crippen molar-refractivity contribution >= 4 is 21.9 Å². The number of rotatable bonds is 2. The molecule has 0 atom stereocenters. The summed E-state index contributed by atoms with van der Waals surface area (Å²) in [6.07, 6.45) is 3.61. The van der Waals surface area contributed by atoms with E-state index in [-0.39, 0.29) is 0 Å². The van der Waals surface area contributed by atoms with E-state index in [0.717, 1.165) is 15.6 Å². The summed E-state index contributed by atoms with van der Waals surface area (Å²) in [6.45, 7) is 0. The predicted octanol–water partition coefficient (Wildman–Crippen LogP) is 2.95. The van der Waals surface area contributed by atoms with Gasteiger partial charge in [-0.25, -0.2) is 9.97 Å². The molecule has 0 aliphatic carbocycles. The Hall–Kier alpha value is -1.42. The zero-order valence-electron chi connectivity index (χ0n) is 8.24. The number of hydrogen-bond donors (Lipinski definition) is 1. The van der Waals surface area contributed by atoms with E-state index in [0.29, 0.717) is 5.95 Å². The molecule has 1 aromatic heterocycles. The highest BCUT2D eigenvalue weighted by Gasteiger charge is 2.02. The first kappa shape index (κ1) is 10.1. The van der Waals surface area contributed by atoms with E-state index in [1.54, 1.807) is 19.4 Å². The van der Waals surface area contributed by atoms with E-state index in [9.17, 15) is 0 Å². The van der Waals surface area contributed by atoms with Gasteiger partial charge < -0.3 is 5.32 Å². The Morgan fingerprint density at radius 3 is 2.40 bits per heavy atom. The van der Waals surface area contributed by atoms with Crippen molar-refractivity contribution in [1.82, 2.24) is 9.97 Å². The molecule has 2 aromatic rings. The van der Waals surface area contributed by atoms with Crippen LogP contribution in [0.15, 0.2) is 41.1 Å². The summed E-state index contributed by atoms with van der Waals surface area (Å²) in [5.74, 6) is 0.630. The summed E-state index contributed by atoms with van der Waals surface area (Å²) < 4.78 is 1.05. The normalized spacial score (nSPS) is 10.0. The molecule has 0 fully saturated rings. The predicted molar refractivity (Wildman–Crippen MR) is 64.7 cm³/mol. The van der Waals surface area contributed by atoms with Gasteiger partial charge in [-0.1, -0.05) is 34.1 Å². The van der Waals surface area contributed by atoms with Gasteiger partial charge in [-0.05, 0) is 11.6 Å². The van der Waals surface area contributed by atoms with E-state index in [1.807, 2.05) is 24.3 Å². The summed E-state index contributed by atoms with van der Waals surface area (Å²) in [5.41, 5.74) is 2.10. The lowest BCUT2D eigenvalue weighted by molar-refractivity contribution is 1.15. The third kappa shape index (κ3) is 2.15. The average Bonchev–Trinajstić information content (AvgIpc) is 2.30. The van der Waals surface area contributed by atoms with Crippen molar-refractivity contribution in [2.75, 3.05) is 12.4 Å². The van der Waals surface area contributed by atoms with Crippen LogP contribution in [0.3, 0.4) is 0 Å². The fourth-order valence-corrected chi connectivity index (χ4v) is 1.81. The molecule has 15 heavy (non-hydrogen) atoms. The molecule has 76 valence electrons. The Morgan fingerprint density at radius 2 is 1.80 bits per heavy atom. The summed E-state index contributed by atoms with van der Waals surface area (Å²) in [7, 11) is 1.80. The van der Waals surface area contributed by atoms with Crippen molar-refractivity contribution in [3.63, 3.8) is 0 Å². The molecule has 1 N–H and O–H groups in total. The highest BCUT2D eigenvalue weighted by atomic mass is 79.9. The Bertz CT molecular complexity index is 454. The van der Waals surface area contributed by atoms with Gasteiger partial charge in [0.15, 0.2) is 0 Å². The third-order valence-electron chi connectivity index (χ3n) is 2.06. The Morgan fingerprint density at radius 1 is 1.13 bits per heavy atom. The van der Waals surface area contributed by atoms with Crippen LogP contribution in [0.2, 0.25) is 0 Å². The molecule has 3 nitrogen and oxygen atoms in total.